The molecule has 2 aromatic heterocycles. The van der Waals surface area contributed by atoms with Crippen molar-refractivity contribution in [1.29, 1.82) is 0 Å². The van der Waals surface area contributed by atoms with Gasteiger partial charge >= 0.3 is 5.97 Å². The number of rotatable bonds is 4. The summed E-state index contributed by atoms with van der Waals surface area (Å²) < 4.78 is 0. The fourth-order valence-electron chi connectivity index (χ4n) is 1.35. The zero-order chi connectivity index (χ0) is 14.7. The first-order chi connectivity index (χ1) is 9.52. The van der Waals surface area contributed by atoms with Gasteiger partial charge in [0.25, 0.3) is 5.91 Å². The van der Waals surface area contributed by atoms with E-state index >= 15 is 0 Å². The third kappa shape index (κ3) is 3.09. The third-order valence-electron chi connectivity index (χ3n) is 2.24. The number of carbonyl (C=O) groups is 2. The van der Waals surface area contributed by atoms with Gasteiger partial charge in [-0.15, -0.1) is 11.3 Å². The molecule has 0 spiro atoms. The molecule has 0 atom stereocenters. The maximum Gasteiger partial charge on any atom is 0.338 e. The summed E-state index contributed by atoms with van der Waals surface area (Å²) >= 11 is 8.27. The minimum absolute atomic E-state index is 0.00996. The van der Waals surface area contributed by atoms with Crippen LogP contribution in [0, 0.1) is 0 Å². The van der Waals surface area contributed by atoms with Crippen molar-refractivity contribution in [3.05, 3.63) is 33.9 Å². The first-order valence-corrected chi connectivity index (χ1v) is 7.70. The Labute approximate surface area is 127 Å². The van der Waals surface area contributed by atoms with Crippen molar-refractivity contribution in [3.63, 3.8) is 0 Å². The fraction of sp³-hybridized carbons (Fsp3) is 0.0909. The molecule has 0 saturated carbocycles. The Balaban J connectivity index is 2.28. The lowest BCUT2D eigenvalue weighted by Gasteiger charge is -2.06. The first-order valence-electron chi connectivity index (χ1n) is 5.21. The standard InChI is InChI=1S/C11H8ClN3O3S2/c1-19-11-13-4-6(12)7(14-11)8(16)15-9-5(10(17)18)2-3-20-9/h2-4H,1H3,(H,15,16)(H,17,18). The average molecular weight is 330 g/mol. The SMILES string of the molecule is CSc1ncc(Cl)c(C(=O)Nc2sccc2C(=O)O)n1. The maximum atomic E-state index is 12.1. The van der Waals surface area contributed by atoms with Crippen LogP contribution in [0.15, 0.2) is 22.8 Å². The van der Waals surface area contributed by atoms with E-state index in [0.29, 0.717) is 5.16 Å². The Morgan fingerprint density at radius 3 is 2.90 bits per heavy atom. The Hall–Kier alpha value is -1.64. The van der Waals surface area contributed by atoms with Gasteiger partial charge in [0.05, 0.1) is 16.8 Å². The monoisotopic (exact) mass is 329 g/mol. The van der Waals surface area contributed by atoms with E-state index in [4.69, 9.17) is 16.7 Å². The molecule has 0 unspecified atom stereocenters. The molecule has 2 aromatic rings. The summed E-state index contributed by atoms with van der Waals surface area (Å²) in [5, 5.41) is 13.8. The number of thiophene rings is 1. The Bertz CT molecular complexity index is 675. The van der Waals surface area contributed by atoms with E-state index in [2.05, 4.69) is 15.3 Å². The van der Waals surface area contributed by atoms with Crippen LogP contribution >= 0.6 is 34.7 Å². The van der Waals surface area contributed by atoms with Gasteiger partial charge in [0.1, 0.15) is 5.00 Å². The lowest BCUT2D eigenvalue weighted by atomic mass is 10.3. The molecule has 2 rings (SSSR count). The van der Waals surface area contributed by atoms with Crippen LogP contribution in [0.4, 0.5) is 5.00 Å². The number of hydrogen-bond donors (Lipinski definition) is 2. The second kappa shape index (κ2) is 6.21. The predicted molar refractivity (Wildman–Crippen MR) is 78.1 cm³/mol. The molecular weight excluding hydrogens is 322 g/mol. The van der Waals surface area contributed by atoms with Crippen LogP contribution in [-0.2, 0) is 0 Å². The van der Waals surface area contributed by atoms with Gasteiger partial charge in [0.2, 0.25) is 0 Å². The molecule has 0 fully saturated rings. The quantitative estimate of drug-likeness (QED) is 0.662. The Morgan fingerprint density at radius 1 is 1.50 bits per heavy atom. The summed E-state index contributed by atoms with van der Waals surface area (Å²) in [6.07, 6.45) is 3.11. The van der Waals surface area contributed by atoms with E-state index in [1.807, 2.05) is 0 Å². The number of anilines is 1. The fourth-order valence-corrected chi connectivity index (χ4v) is 2.64. The molecule has 6 nitrogen and oxygen atoms in total. The van der Waals surface area contributed by atoms with Gasteiger partial charge < -0.3 is 10.4 Å². The molecule has 0 aromatic carbocycles. The van der Waals surface area contributed by atoms with E-state index in [1.165, 1.54) is 24.0 Å². The number of nitrogens with one attached hydrogen (secondary N) is 1. The molecule has 1 amide bonds. The number of thioether (sulfide) groups is 1. The minimum Gasteiger partial charge on any atom is -0.478 e. The van der Waals surface area contributed by atoms with E-state index in [-0.39, 0.29) is 21.3 Å². The van der Waals surface area contributed by atoms with Crippen molar-refractivity contribution >= 4 is 51.6 Å². The topological polar surface area (TPSA) is 92.2 Å². The minimum atomic E-state index is -1.11. The van der Waals surface area contributed by atoms with Crippen LogP contribution < -0.4 is 5.32 Å². The van der Waals surface area contributed by atoms with Gasteiger partial charge in [-0.2, -0.15) is 0 Å². The van der Waals surface area contributed by atoms with Crippen molar-refractivity contribution < 1.29 is 14.7 Å². The smallest absolute Gasteiger partial charge is 0.338 e. The van der Waals surface area contributed by atoms with Crippen LogP contribution in [0.25, 0.3) is 0 Å². The normalized spacial score (nSPS) is 10.3. The van der Waals surface area contributed by atoms with Gasteiger partial charge in [-0.3, -0.25) is 4.79 Å². The molecule has 20 heavy (non-hydrogen) atoms. The highest BCUT2D eigenvalue weighted by molar-refractivity contribution is 7.98. The summed E-state index contributed by atoms with van der Waals surface area (Å²) in [5.41, 5.74) is 0.0365. The van der Waals surface area contributed by atoms with Crippen LogP contribution in [0.2, 0.25) is 5.02 Å². The lowest BCUT2D eigenvalue weighted by molar-refractivity contribution is 0.0698. The van der Waals surface area contributed by atoms with E-state index in [1.54, 1.807) is 11.6 Å². The van der Waals surface area contributed by atoms with Crippen molar-refractivity contribution in [2.75, 3.05) is 11.6 Å². The maximum absolute atomic E-state index is 12.1. The van der Waals surface area contributed by atoms with Gasteiger partial charge in [-0.05, 0) is 17.7 Å². The molecule has 9 heteroatoms. The summed E-state index contributed by atoms with van der Waals surface area (Å²) in [7, 11) is 0. The van der Waals surface area contributed by atoms with Crippen LogP contribution in [0.5, 0.6) is 0 Å². The number of nitrogens with zero attached hydrogens (tertiary/aromatic N) is 2. The third-order valence-corrected chi connectivity index (χ3v) is 3.91. The van der Waals surface area contributed by atoms with Crippen LogP contribution in [-0.4, -0.2) is 33.2 Å². The largest absolute Gasteiger partial charge is 0.478 e. The molecule has 0 bridgehead atoms. The van der Waals surface area contributed by atoms with Crippen molar-refractivity contribution in [3.8, 4) is 0 Å². The second-order valence-corrected chi connectivity index (χ2v) is 5.57. The van der Waals surface area contributed by atoms with Crippen molar-refractivity contribution in [2.45, 2.75) is 5.16 Å². The van der Waals surface area contributed by atoms with Crippen LogP contribution in [0.3, 0.4) is 0 Å². The molecule has 0 aliphatic carbocycles. The number of carboxylic acids is 1. The molecule has 104 valence electrons. The predicted octanol–water partition coefficient (Wildman–Crippen LogP) is 2.86. The molecule has 2 N–H and O–H groups in total. The van der Waals surface area contributed by atoms with Gasteiger partial charge in [0, 0.05) is 0 Å². The second-order valence-electron chi connectivity index (χ2n) is 3.48. The van der Waals surface area contributed by atoms with Crippen molar-refractivity contribution in [2.24, 2.45) is 0 Å². The molecular formula is C11H8ClN3O3S2. The highest BCUT2D eigenvalue weighted by Crippen LogP contribution is 2.25. The first kappa shape index (κ1) is 14.8. The molecule has 0 aliphatic heterocycles. The lowest BCUT2D eigenvalue weighted by Crippen LogP contribution is -2.16. The molecule has 0 saturated heterocycles. The number of amides is 1. The molecule has 2 heterocycles. The van der Waals surface area contributed by atoms with Gasteiger partial charge in [-0.1, -0.05) is 23.4 Å². The molecule has 0 radical (unpaired) electrons. The van der Waals surface area contributed by atoms with Crippen molar-refractivity contribution in [1.82, 2.24) is 9.97 Å². The highest BCUT2D eigenvalue weighted by Gasteiger charge is 2.18. The summed E-state index contributed by atoms with van der Waals surface area (Å²) in [6, 6.07) is 1.41. The number of aromatic carboxylic acids is 1. The van der Waals surface area contributed by atoms with E-state index in [0.717, 1.165) is 11.3 Å². The van der Waals surface area contributed by atoms with Gasteiger partial charge in [0.15, 0.2) is 10.9 Å². The number of aromatic nitrogens is 2. The highest BCUT2D eigenvalue weighted by atomic mass is 35.5. The zero-order valence-corrected chi connectivity index (χ0v) is 12.5. The van der Waals surface area contributed by atoms with E-state index in [9.17, 15) is 9.59 Å². The number of hydrogen-bond acceptors (Lipinski definition) is 6. The number of carboxylic acid groups (broad SMARTS) is 1. The average Bonchev–Trinajstić information content (AvgIpc) is 2.87. The number of carbonyl (C=O) groups excluding carboxylic acids is 1. The summed E-state index contributed by atoms with van der Waals surface area (Å²) in [5.74, 6) is -1.68. The molecule has 0 aliphatic rings. The summed E-state index contributed by atoms with van der Waals surface area (Å²) in [6.45, 7) is 0. The number of halogens is 1. The Kier molecular flexibility index (Phi) is 4.58. The zero-order valence-electron chi connectivity index (χ0n) is 10.1. The van der Waals surface area contributed by atoms with Crippen LogP contribution in [0.1, 0.15) is 20.8 Å². The Morgan fingerprint density at radius 2 is 2.25 bits per heavy atom. The summed E-state index contributed by atoms with van der Waals surface area (Å²) in [4.78, 5) is 31.0. The van der Waals surface area contributed by atoms with Gasteiger partial charge in [-0.25, -0.2) is 14.8 Å². The van der Waals surface area contributed by atoms with E-state index < -0.39 is 11.9 Å².